The van der Waals surface area contributed by atoms with Gasteiger partial charge < -0.3 is 5.73 Å². The number of benzene rings is 2. The van der Waals surface area contributed by atoms with E-state index in [1.165, 1.54) is 16.7 Å². The van der Waals surface area contributed by atoms with Crippen molar-refractivity contribution in [2.75, 3.05) is 0 Å². The molecule has 19 heavy (non-hydrogen) atoms. The topological polar surface area (TPSA) is 26.0 Å². The second kappa shape index (κ2) is 5.25. The van der Waals surface area contributed by atoms with Crippen LogP contribution in [0, 0.1) is 5.92 Å². The molecule has 0 bridgehead atoms. The molecule has 2 aromatic rings. The lowest BCUT2D eigenvalue weighted by molar-refractivity contribution is 0.624. The molecule has 0 unspecified atom stereocenters. The molecule has 0 fully saturated rings. The lowest BCUT2D eigenvalue weighted by Crippen LogP contribution is -2.17. The second-order valence-corrected chi connectivity index (χ2v) is 4.86. The van der Waals surface area contributed by atoms with Gasteiger partial charge in [-0.3, -0.25) is 0 Å². The van der Waals surface area contributed by atoms with E-state index in [-0.39, 0.29) is 6.04 Å². The van der Waals surface area contributed by atoms with Gasteiger partial charge in [-0.15, -0.1) is 0 Å². The van der Waals surface area contributed by atoms with Crippen LogP contribution >= 0.6 is 0 Å². The van der Waals surface area contributed by atoms with Gasteiger partial charge in [-0.2, -0.15) is 0 Å². The molecule has 2 aromatic carbocycles. The first-order valence-electron chi connectivity index (χ1n) is 6.60. The maximum atomic E-state index is 6.29. The summed E-state index contributed by atoms with van der Waals surface area (Å²) in [7, 11) is 0. The SMILES string of the molecule is N[C@H](c1ccc(-c2ccccc2)cc1)C1C=CC=C1. The molecular formula is C18H17N. The normalized spacial score (nSPS) is 15.8. The van der Waals surface area contributed by atoms with Gasteiger partial charge in [-0.25, -0.2) is 0 Å². The minimum atomic E-state index is 0.0415. The van der Waals surface area contributed by atoms with Gasteiger partial charge in [0.25, 0.3) is 0 Å². The molecule has 3 rings (SSSR count). The predicted molar refractivity (Wildman–Crippen MR) is 80.6 cm³/mol. The summed E-state index contributed by atoms with van der Waals surface area (Å²) in [4.78, 5) is 0. The summed E-state index contributed by atoms with van der Waals surface area (Å²) in [5.41, 5.74) is 9.94. The molecule has 0 heterocycles. The molecule has 1 heteroatoms. The van der Waals surface area contributed by atoms with Crippen LogP contribution in [0.15, 0.2) is 78.9 Å². The zero-order valence-electron chi connectivity index (χ0n) is 10.7. The van der Waals surface area contributed by atoms with E-state index in [9.17, 15) is 0 Å². The molecular weight excluding hydrogens is 230 g/mol. The fourth-order valence-electron chi connectivity index (χ4n) is 2.44. The van der Waals surface area contributed by atoms with Crippen molar-refractivity contribution in [1.29, 1.82) is 0 Å². The third kappa shape index (κ3) is 2.51. The van der Waals surface area contributed by atoms with Crippen LogP contribution in [0.1, 0.15) is 11.6 Å². The lowest BCUT2D eigenvalue weighted by Gasteiger charge is -2.16. The first-order valence-corrected chi connectivity index (χ1v) is 6.60. The van der Waals surface area contributed by atoms with Gasteiger partial charge in [0.1, 0.15) is 0 Å². The van der Waals surface area contributed by atoms with Crippen molar-refractivity contribution in [3.05, 3.63) is 84.5 Å². The van der Waals surface area contributed by atoms with E-state index in [1.54, 1.807) is 0 Å². The summed E-state index contributed by atoms with van der Waals surface area (Å²) >= 11 is 0. The van der Waals surface area contributed by atoms with E-state index in [0.717, 1.165) is 0 Å². The Morgan fingerprint density at radius 3 is 1.95 bits per heavy atom. The average Bonchev–Trinajstić information content (AvgIpc) is 3.02. The first-order chi connectivity index (χ1) is 9.34. The van der Waals surface area contributed by atoms with Crippen molar-refractivity contribution < 1.29 is 0 Å². The number of hydrogen-bond acceptors (Lipinski definition) is 1. The van der Waals surface area contributed by atoms with Crippen molar-refractivity contribution in [2.24, 2.45) is 11.7 Å². The van der Waals surface area contributed by atoms with Crippen LogP contribution < -0.4 is 5.73 Å². The lowest BCUT2D eigenvalue weighted by atomic mass is 9.93. The van der Waals surface area contributed by atoms with Crippen molar-refractivity contribution in [3.63, 3.8) is 0 Å². The molecule has 1 aliphatic rings. The highest BCUT2D eigenvalue weighted by Gasteiger charge is 2.15. The van der Waals surface area contributed by atoms with Gasteiger partial charge in [-0.05, 0) is 16.7 Å². The smallest absolute Gasteiger partial charge is 0.0393 e. The van der Waals surface area contributed by atoms with Gasteiger partial charge >= 0.3 is 0 Å². The van der Waals surface area contributed by atoms with Gasteiger partial charge in [0.2, 0.25) is 0 Å². The van der Waals surface area contributed by atoms with E-state index in [0.29, 0.717) is 5.92 Å². The molecule has 2 N–H and O–H groups in total. The number of nitrogens with two attached hydrogens (primary N) is 1. The highest BCUT2D eigenvalue weighted by molar-refractivity contribution is 5.63. The third-order valence-electron chi connectivity index (χ3n) is 3.60. The molecule has 0 saturated carbocycles. The van der Waals surface area contributed by atoms with Crippen LogP contribution in [-0.4, -0.2) is 0 Å². The Morgan fingerprint density at radius 1 is 0.737 bits per heavy atom. The Balaban J connectivity index is 1.83. The standard InChI is InChI=1S/C18H17N/c19-18(16-8-4-5-9-16)17-12-10-15(11-13-17)14-6-2-1-3-7-14/h1-13,16,18H,19H2/t18-/m0/s1. The summed E-state index contributed by atoms with van der Waals surface area (Å²) in [6.45, 7) is 0. The van der Waals surface area contributed by atoms with E-state index >= 15 is 0 Å². The monoisotopic (exact) mass is 247 g/mol. The second-order valence-electron chi connectivity index (χ2n) is 4.86. The maximum absolute atomic E-state index is 6.29. The average molecular weight is 247 g/mol. The van der Waals surface area contributed by atoms with Crippen LogP contribution in [0.4, 0.5) is 0 Å². The zero-order chi connectivity index (χ0) is 13.1. The molecule has 0 aromatic heterocycles. The van der Waals surface area contributed by atoms with Gasteiger partial charge in [0.05, 0.1) is 0 Å². The molecule has 1 aliphatic carbocycles. The Hall–Kier alpha value is -2.12. The molecule has 94 valence electrons. The van der Waals surface area contributed by atoms with Crippen LogP contribution in [0.3, 0.4) is 0 Å². The number of hydrogen-bond donors (Lipinski definition) is 1. The van der Waals surface area contributed by atoms with Crippen LogP contribution in [0.5, 0.6) is 0 Å². The Morgan fingerprint density at radius 2 is 1.32 bits per heavy atom. The Bertz CT molecular complexity index is 581. The molecule has 0 spiro atoms. The third-order valence-corrected chi connectivity index (χ3v) is 3.60. The van der Waals surface area contributed by atoms with E-state index < -0.39 is 0 Å². The number of rotatable bonds is 3. The maximum Gasteiger partial charge on any atom is 0.0393 e. The van der Waals surface area contributed by atoms with Crippen molar-refractivity contribution in [3.8, 4) is 11.1 Å². The van der Waals surface area contributed by atoms with Crippen LogP contribution in [0.25, 0.3) is 11.1 Å². The van der Waals surface area contributed by atoms with E-state index in [1.807, 2.05) is 6.07 Å². The fraction of sp³-hybridized carbons (Fsp3) is 0.111. The summed E-state index contributed by atoms with van der Waals surface area (Å²) < 4.78 is 0. The van der Waals surface area contributed by atoms with Crippen LogP contribution in [0.2, 0.25) is 0 Å². The highest BCUT2D eigenvalue weighted by atomic mass is 14.6. The molecule has 0 saturated heterocycles. The number of allylic oxidation sites excluding steroid dienone is 2. The van der Waals surface area contributed by atoms with Crippen molar-refractivity contribution in [2.45, 2.75) is 6.04 Å². The summed E-state index contributed by atoms with van der Waals surface area (Å²) in [5, 5.41) is 0. The first kappa shape index (κ1) is 11.9. The molecule has 0 amide bonds. The Labute approximate surface area is 114 Å². The minimum absolute atomic E-state index is 0.0415. The molecule has 0 radical (unpaired) electrons. The van der Waals surface area contributed by atoms with Crippen molar-refractivity contribution >= 4 is 0 Å². The van der Waals surface area contributed by atoms with E-state index in [2.05, 4.69) is 72.8 Å². The molecule has 1 atom stereocenters. The predicted octanol–water partition coefficient (Wildman–Crippen LogP) is 4.10. The van der Waals surface area contributed by atoms with E-state index in [4.69, 9.17) is 5.73 Å². The highest BCUT2D eigenvalue weighted by Crippen LogP contribution is 2.27. The summed E-state index contributed by atoms with van der Waals surface area (Å²) in [6, 6.07) is 19.0. The molecule has 1 nitrogen and oxygen atoms in total. The minimum Gasteiger partial charge on any atom is -0.323 e. The largest absolute Gasteiger partial charge is 0.323 e. The zero-order valence-corrected chi connectivity index (χ0v) is 10.7. The quantitative estimate of drug-likeness (QED) is 0.868. The van der Waals surface area contributed by atoms with Crippen molar-refractivity contribution in [1.82, 2.24) is 0 Å². The van der Waals surface area contributed by atoms with Gasteiger partial charge in [-0.1, -0.05) is 78.9 Å². The summed E-state index contributed by atoms with van der Waals surface area (Å²) in [5.74, 6) is 0.322. The summed E-state index contributed by atoms with van der Waals surface area (Å²) in [6.07, 6.45) is 8.41. The fourth-order valence-corrected chi connectivity index (χ4v) is 2.44. The van der Waals surface area contributed by atoms with Gasteiger partial charge in [0.15, 0.2) is 0 Å². The van der Waals surface area contributed by atoms with Gasteiger partial charge in [0, 0.05) is 12.0 Å². The molecule has 0 aliphatic heterocycles. The Kier molecular flexibility index (Phi) is 3.30. The van der Waals surface area contributed by atoms with Crippen LogP contribution in [-0.2, 0) is 0 Å².